The quantitative estimate of drug-likeness (QED) is 0.914. The average molecular weight is 316 g/mol. The third kappa shape index (κ3) is 4.18. The zero-order chi connectivity index (χ0) is 16.1. The van der Waals surface area contributed by atoms with Crippen LogP contribution in [-0.2, 0) is 16.1 Å². The van der Waals surface area contributed by atoms with Gasteiger partial charge in [0.25, 0.3) is 5.91 Å². The van der Waals surface area contributed by atoms with Gasteiger partial charge in [0, 0.05) is 12.7 Å². The van der Waals surface area contributed by atoms with E-state index in [1.54, 1.807) is 13.0 Å². The Labute approximate surface area is 134 Å². The van der Waals surface area contributed by atoms with Gasteiger partial charge in [-0.15, -0.1) is 0 Å². The van der Waals surface area contributed by atoms with Crippen molar-refractivity contribution in [3.8, 4) is 0 Å². The predicted octanol–water partition coefficient (Wildman–Crippen LogP) is 2.09. The van der Waals surface area contributed by atoms with Crippen LogP contribution in [0.3, 0.4) is 0 Å². The van der Waals surface area contributed by atoms with E-state index in [1.165, 1.54) is 0 Å². The molecule has 2 heterocycles. The van der Waals surface area contributed by atoms with Crippen LogP contribution in [0, 0.1) is 6.92 Å². The largest absolute Gasteiger partial charge is 0.379 e. The second-order valence-electron chi connectivity index (χ2n) is 5.61. The van der Waals surface area contributed by atoms with Gasteiger partial charge in [-0.05, 0) is 18.9 Å². The molecule has 6 nitrogen and oxygen atoms in total. The molecule has 23 heavy (non-hydrogen) atoms. The van der Waals surface area contributed by atoms with Gasteiger partial charge in [0.15, 0.2) is 0 Å². The van der Waals surface area contributed by atoms with Gasteiger partial charge in [-0.3, -0.25) is 4.79 Å². The monoisotopic (exact) mass is 316 g/mol. The molecule has 6 heteroatoms. The maximum absolute atomic E-state index is 12.2. The Balaban J connectivity index is 1.58. The van der Waals surface area contributed by atoms with Crippen molar-refractivity contribution in [1.29, 1.82) is 0 Å². The molecular formula is C17H20N2O4. The number of nitrogens with one attached hydrogen (secondary N) is 1. The van der Waals surface area contributed by atoms with Crippen LogP contribution in [0.4, 0.5) is 0 Å². The Bertz CT molecular complexity index is 641. The number of hydrogen-bond donors (Lipinski definition) is 1. The van der Waals surface area contributed by atoms with E-state index < -0.39 is 0 Å². The van der Waals surface area contributed by atoms with E-state index in [1.807, 2.05) is 30.3 Å². The van der Waals surface area contributed by atoms with E-state index in [9.17, 15) is 4.79 Å². The summed E-state index contributed by atoms with van der Waals surface area (Å²) in [6.45, 7) is 3.34. The molecule has 1 amide bonds. The van der Waals surface area contributed by atoms with Crippen LogP contribution >= 0.6 is 0 Å². The van der Waals surface area contributed by atoms with Gasteiger partial charge in [-0.25, -0.2) is 0 Å². The van der Waals surface area contributed by atoms with Crippen LogP contribution in [0.15, 0.2) is 40.9 Å². The highest BCUT2D eigenvalue weighted by Crippen LogP contribution is 2.15. The second-order valence-corrected chi connectivity index (χ2v) is 5.61. The van der Waals surface area contributed by atoms with Crippen molar-refractivity contribution in [3.63, 3.8) is 0 Å². The Morgan fingerprint density at radius 2 is 2.22 bits per heavy atom. The highest BCUT2D eigenvalue weighted by atomic mass is 16.5. The van der Waals surface area contributed by atoms with E-state index in [-0.39, 0.29) is 23.8 Å². The molecule has 0 spiro atoms. The summed E-state index contributed by atoms with van der Waals surface area (Å²) < 4.78 is 16.4. The third-order valence-electron chi connectivity index (χ3n) is 3.78. The molecule has 1 aromatic carbocycles. The number of nitrogens with zero attached hydrogens (tertiary/aromatic N) is 1. The van der Waals surface area contributed by atoms with Crippen LogP contribution in [0.1, 0.15) is 28.2 Å². The zero-order valence-corrected chi connectivity index (χ0v) is 13.0. The molecular weight excluding hydrogens is 296 g/mol. The topological polar surface area (TPSA) is 73.6 Å². The summed E-state index contributed by atoms with van der Waals surface area (Å²) in [7, 11) is 0. The van der Waals surface area contributed by atoms with Crippen LogP contribution in [0.2, 0.25) is 0 Å². The van der Waals surface area contributed by atoms with Gasteiger partial charge < -0.3 is 19.3 Å². The molecule has 0 unspecified atom stereocenters. The van der Waals surface area contributed by atoms with E-state index in [0.717, 1.165) is 5.56 Å². The van der Waals surface area contributed by atoms with Gasteiger partial charge in [-0.1, -0.05) is 35.5 Å². The summed E-state index contributed by atoms with van der Waals surface area (Å²) in [5.74, 6) is -0.0541. The van der Waals surface area contributed by atoms with Gasteiger partial charge >= 0.3 is 0 Å². The predicted molar refractivity (Wildman–Crippen MR) is 82.9 cm³/mol. The number of carbonyl (C=O) groups is 1. The number of benzene rings is 1. The highest BCUT2D eigenvalue weighted by molar-refractivity contribution is 5.91. The van der Waals surface area contributed by atoms with Gasteiger partial charge in [0.05, 0.1) is 24.9 Å². The molecule has 1 saturated heterocycles. The Morgan fingerprint density at radius 1 is 1.39 bits per heavy atom. The molecule has 1 fully saturated rings. The maximum atomic E-state index is 12.2. The summed E-state index contributed by atoms with van der Waals surface area (Å²) in [5.41, 5.74) is 1.77. The van der Waals surface area contributed by atoms with Crippen molar-refractivity contribution in [1.82, 2.24) is 10.5 Å². The van der Waals surface area contributed by atoms with Crippen LogP contribution < -0.4 is 5.32 Å². The number of aryl methyl sites for hydroxylation is 1. The molecule has 0 radical (unpaired) electrons. The fourth-order valence-corrected chi connectivity index (χ4v) is 2.53. The standard InChI is InChI=1S/C17H20N2O4/c1-12-9-15(23-19-12)17(20)18-14-7-8-21-11-16(14)22-10-13-5-3-2-4-6-13/h2-6,9,14,16H,7-8,10-11H2,1H3,(H,18,20)/t14-,16-/m1/s1. The van der Waals surface area contributed by atoms with Crippen molar-refractivity contribution >= 4 is 5.91 Å². The van der Waals surface area contributed by atoms with Crippen molar-refractivity contribution in [2.24, 2.45) is 0 Å². The highest BCUT2D eigenvalue weighted by Gasteiger charge is 2.29. The summed E-state index contributed by atoms with van der Waals surface area (Å²) in [6, 6.07) is 11.4. The van der Waals surface area contributed by atoms with Crippen molar-refractivity contribution < 1.29 is 18.8 Å². The van der Waals surface area contributed by atoms with E-state index in [4.69, 9.17) is 14.0 Å². The first-order valence-corrected chi connectivity index (χ1v) is 7.70. The first-order chi connectivity index (χ1) is 11.2. The number of amides is 1. The number of carbonyl (C=O) groups excluding carboxylic acids is 1. The summed E-state index contributed by atoms with van der Waals surface area (Å²) in [4.78, 5) is 12.2. The number of rotatable bonds is 5. The van der Waals surface area contributed by atoms with Crippen molar-refractivity contribution in [3.05, 3.63) is 53.4 Å². The molecule has 2 atom stereocenters. The Morgan fingerprint density at radius 3 is 2.96 bits per heavy atom. The van der Waals surface area contributed by atoms with E-state index in [2.05, 4.69) is 10.5 Å². The number of ether oxygens (including phenoxy) is 2. The molecule has 0 saturated carbocycles. The van der Waals surface area contributed by atoms with Crippen LogP contribution in [0.25, 0.3) is 0 Å². The summed E-state index contributed by atoms with van der Waals surface area (Å²) in [5, 5.41) is 6.69. The summed E-state index contributed by atoms with van der Waals surface area (Å²) >= 11 is 0. The molecule has 0 bridgehead atoms. The van der Waals surface area contributed by atoms with Crippen LogP contribution in [0.5, 0.6) is 0 Å². The zero-order valence-electron chi connectivity index (χ0n) is 13.0. The lowest BCUT2D eigenvalue weighted by molar-refractivity contribution is -0.0737. The van der Waals surface area contributed by atoms with Gasteiger partial charge in [0.2, 0.25) is 5.76 Å². The fourth-order valence-electron chi connectivity index (χ4n) is 2.53. The molecule has 1 aliphatic rings. The number of hydrogen-bond acceptors (Lipinski definition) is 5. The molecule has 1 N–H and O–H groups in total. The minimum absolute atomic E-state index is 0.106. The third-order valence-corrected chi connectivity index (χ3v) is 3.78. The van der Waals surface area contributed by atoms with E-state index >= 15 is 0 Å². The molecule has 2 aromatic rings. The minimum Gasteiger partial charge on any atom is -0.379 e. The van der Waals surface area contributed by atoms with Crippen LogP contribution in [-0.4, -0.2) is 36.4 Å². The Kier molecular flexibility index (Phi) is 5.05. The van der Waals surface area contributed by atoms with Crippen molar-refractivity contribution in [2.75, 3.05) is 13.2 Å². The molecule has 122 valence electrons. The normalized spacial score (nSPS) is 21.1. The minimum atomic E-state index is -0.272. The summed E-state index contributed by atoms with van der Waals surface area (Å²) in [6.07, 6.45) is 0.523. The van der Waals surface area contributed by atoms with Gasteiger partial charge in [-0.2, -0.15) is 0 Å². The first-order valence-electron chi connectivity index (χ1n) is 7.70. The molecule has 1 aliphatic heterocycles. The lowest BCUT2D eigenvalue weighted by Gasteiger charge is -2.31. The van der Waals surface area contributed by atoms with Gasteiger partial charge in [0.1, 0.15) is 6.10 Å². The smallest absolute Gasteiger partial charge is 0.290 e. The fraction of sp³-hybridized carbons (Fsp3) is 0.412. The Hall–Kier alpha value is -2.18. The SMILES string of the molecule is Cc1cc(C(=O)N[C@@H]2CCOC[C@H]2OCc2ccccc2)on1. The molecule has 0 aliphatic carbocycles. The second kappa shape index (κ2) is 7.39. The molecule has 1 aromatic heterocycles. The lowest BCUT2D eigenvalue weighted by atomic mass is 10.1. The number of aromatic nitrogens is 1. The van der Waals surface area contributed by atoms with E-state index in [0.29, 0.717) is 31.9 Å². The average Bonchev–Trinajstić information content (AvgIpc) is 3.02. The molecule has 3 rings (SSSR count). The lowest BCUT2D eigenvalue weighted by Crippen LogP contribution is -2.49. The maximum Gasteiger partial charge on any atom is 0.290 e. The van der Waals surface area contributed by atoms with Crippen molar-refractivity contribution in [2.45, 2.75) is 32.1 Å². The first kappa shape index (κ1) is 15.7.